The first-order valence-electron chi connectivity index (χ1n) is 4.58. The summed E-state index contributed by atoms with van der Waals surface area (Å²) in [6, 6.07) is 5.19. The van der Waals surface area contributed by atoms with Crippen LogP contribution >= 0.6 is 0 Å². The first kappa shape index (κ1) is 8.70. The van der Waals surface area contributed by atoms with E-state index in [0.717, 1.165) is 11.3 Å². The molecule has 78 valence electrons. The maximum atomic E-state index is 11.3. The highest BCUT2D eigenvalue weighted by Gasteiger charge is 2.44. The van der Waals surface area contributed by atoms with Gasteiger partial charge in [-0.1, -0.05) is 0 Å². The summed E-state index contributed by atoms with van der Waals surface area (Å²) in [6.45, 7) is 0.440. The van der Waals surface area contributed by atoms with Crippen molar-refractivity contribution in [3.8, 4) is 5.75 Å². The van der Waals surface area contributed by atoms with Crippen molar-refractivity contribution in [1.29, 1.82) is 0 Å². The molecule has 0 radical (unpaired) electrons. The highest BCUT2D eigenvalue weighted by Crippen LogP contribution is 2.45. The van der Waals surface area contributed by atoms with Crippen LogP contribution in [-0.2, 0) is 9.57 Å². The van der Waals surface area contributed by atoms with Crippen LogP contribution in [0.1, 0.15) is 22.1 Å². The third-order valence-corrected chi connectivity index (χ3v) is 2.50. The van der Waals surface area contributed by atoms with E-state index in [1.54, 1.807) is 23.3 Å². The Hall–Kier alpha value is -1.59. The molecule has 0 N–H and O–H groups in total. The monoisotopic (exact) mass is 207 g/mol. The van der Waals surface area contributed by atoms with E-state index in [9.17, 15) is 4.79 Å². The van der Waals surface area contributed by atoms with E-state index < -0.39 is 0 Å². The van der Waals surface area contributed by atoms with Gasteiger partial charge in [-0.25, -0.2) is 4.79 Å². The number of hydroxylamine groups is 2. The maximum absolute atomic E-state index is 11.3. The Balaban J connectivity index is 2.01. The first-order valence-corrected chi connectivity index (χ1v) is 4.58. The average molecular weight is 207 g/mol. The number of hydrogen-bond donors (Lipinski definition) is 0. The van der Waals surface area contributed by atoms with Gasteiger partial charge in [0.15, 0.2) is 13.0 Å². The van der Waals surface area contributed by atoms with Crippen LogP contribution in [0.3, 0.4) is 0 Å². The Bertz CT molecular complexity index is 431. The summed E-state index contributed by atoms with van der Waals surface area (Å²) in [7, 11) is 1.36. The number of methoxy groups -OCH3 is 1. The molecular weight excluding hydrogens is 198 g/mol. The van der Waals surface area contributed by atoms with Crippen LogP contribution in [-0.4, -0.2) is 24.9 Å². The highest BCUT2D eigenvalue weighted by molar-refractivity contribution is 5.89. The largest absolute Gasteiger partial charge is 0.475 e. The molecule has 2 aliphatic heterocycles. The molecule has 2 heterocycles. The molecule has 2 atom stereocenters. The van der Waals surface area contributed by atoms with Gasteiger partial charge < -0.3 is 9.47 Å². The van der Waals surface area contributed by atoms with Crippen molar-refractivity contribution >= 4 is 5.97 Å². The van der Waals surface area contributed by atoms with Crippen molar-refractivity contribution < 1.29 is 19.1 Å². The first-order chi connectivity index (χ1) is 7.29. The van der Waals surface area contributed by atoms with E-state index in [2.05, 4.69) is 4.74 Å². The average Bonchev–Trinajstić information content (AvgIpc) is 3.06. The lowest BCUT2D eigenvalue weighted by atomic mass is 10.1. The fourth-order valence-corrected chi connectivity index (χ4v) is 1.66. The summed E-state index contributed by atoms with van der Waals surface area (Å²) >= 11 is 0. The van der Waals surface area contributed by atoms with Crippen LogP contribution in [0.15, 0.2) is 18.2 Å². The number of rotatable bonds is 1. The molecule has 1 fully saturated rings. The molecule has 15 heavy (non-hydrogen) atoms. The van der Waals surface area contributed by atoms with E-state index in [1.807, 2.05) is 0 Å². The molecule has 0 bridgehead atoms. The zero-order valence-corrected chi connectivity index (χ0v) is 8.10. The summed E-state index contributed by atoms with van der Waals surface area (Å²) in [5, 5.41) is 1.70. The molecule has 0 spiro atoms. The third-order valence-electron chi connectivity index (χ3n) is 2.50. The molecule has 1 saturated heterocycles. The van der Waals surface area contributed by atoms with Crippen molar-refractivity contribution in [3.05, 3.63) is 29.3 Å². The van der Waals surface area contributed by atoms with Crippen molar-refractivity contribution in [2.45, 2.75) is 6.23 Å². The van der Waals surface area contributed by atoms with Gasteiger partial charge in [0, 0.05) is 5.56 Å². The van der Waals surface area contributed by atoms with Gasteiger partial charge in [-0.3, -0.25) is 4.84 Å². The number of esters is 1. The quantitative estimate of drug-likeness (QED) is 0.509. The minimum atomic E-state index is -0.351. The Morgan fingerprint density at radius 3 is 3.27 bits per heavy atom. The van der Waals surface area contributed by atoms with Crippen molar-refractivity contribution in [2.24, 2.45) is 0 Å². The molecule has 2 unspecified atom stereocenters. The number of ether oxygens (including phenoxy) is 2. The summed E-state index contributed by atoms with van der Waals surface area (Å²) in [4.78, 5) is 16.5. The highest BCUT2D eigenvalue weighted by atomic mass is 16.9. The van der Waals surface area contributed by atoms with Crippen LogP contribution in [0.25, 0.3) is 0 Å². The van der Waals surface area contributed by atoms with E-state index in [-0.39, 0.29) is 12.2 Å². The number of fused-ring (bicyclic) bond motifs is 3. The van der Waals surface area contributed by atoms with Crippen molar-refractivity contribution in [1.82, 2.24) is 5.06 Å². The van der Waals surface area contributed by atoms with Gasteiger partial charge >= 0.3 is 5.97 Å². The molecule has 1 aromatic carbocycles. The molecule has 0 aromatic heterocycles. The second-order valence-corrected chi connectivity index (χ2v) is 3.39. The second kappa shape index (κ2) is 2.95. The van der Waals surface area contributed by atoms with E-state index in [4.69, 9.17) is 9.57 Å². The summed E-state index contributed by atoms with van der Waals surface area (Å²) in [6.07, 6.45) is -0.0571. The van der Waals surface area contributed by atoms with Crippen LogP contribution in [0.4, 0.5) is 0 Å². The fourth-order valence-electron chi connectivity index (χ4n) is 1.66. The number of benzene rings is 1. The zero-order chi connectivity index (χ0) is 10.4. The standard InChI is InChI=1S/C10H9NO4/c1-13-10(12)6-2-3-8-7(4-6)9-11(15-9)5-14-8/h2-4,9H,5H2,1H3. The predicted molar refractivity (Wildman–Crippen MR) is 48.9 cm³/mol. The third kappa shape index (κ3) is 1.28. The van der Waals surface area contributed by atoms with Crippen molar-refractivity contribution in [3.63, 3.8) is 0 Å². The topological polar surface area (TPSA) is 51.1 Å². The van der Waals surface area contributed by atoms with Crippen LogP contribution in [0.2, 0.25) is 0 Å². The lowest BCUT2D eigenvalue weighted by Crippen LogP contribution is -2.15. The number of carbonyl (C=O) groups is 1. The molecule has 1 aromatic rings. The molecule has 2 aliphatic rings. The Labute approximate surface area is 86.1 Å². The van der Waals surface area contributed by atoms with E-state index in [0.29, 0.717) is 12.3 Å². The van der Waals surface area contributed by atoms with Gasteiger partial charge in [-0.15, -0.1) is 5.06 Å². The van der Waals surface area contributed by atoms with Gasteiger partial charge in [-0.05, 0) is 18.2 Å². The van der Waals surface area contributed by atoms with Gasteiger partial charge in [0.1, 0.15) is 5.75 Å². The Morgan fingerprint density at radius 2 is 2.47 bits per heavy atom. The molecule has 0 saturated carbocycles. The van der Waals surface area contributed by atoms with Crippen LogP contribution in [0, 0.1) is 0 Å². The van der Waals surface area contributed by atoms with Gasteiger partial charge in [0.2, 0.25) is 0 Å². The number of hydrogen-bond acceptors (Lipinski definition) is 5. The molecule has 5 nitrogen and oxygen atoms in total. The molecule has 3 rings (SSSR count). The molecule has 0 amide bonds. The summed E-state index contributed by atoms with van der Waals surface area (Å²) in [5.41, 5.74) is 1.39. The smallest absolute Gasteiger partial charge is 0.337 e. The molecular formula is C10H9NO4. The fraction of sp³-hybridized carbons (Fsp3) is 0.300. The van der Waals surface area contributed by atoms with Crippen LogP contribution < -0.4 is 4.74 Å². The zero-order valence-electron chi connectivity index (χ0n) is 8.10. The lowest BCUT2D eigenvalue weighted by molar-refractivity contribution is 0.0600. The minimum absolute atomic E-state index is 0.0571. The lowest BCUT2D eigenvalue weighted by Gasteiger charge is -2.14. The summed E-state index contributed by atoms with van der Waals surface area (Å²) in [5.74, 6) is 0.414. The molecule has 0 aliphatic carbocycles. The van der Waals surface area contributed by atoms with Gasteiger partial charge in [0.25, 0.3) is 0 Å². The SMILES string of the molecule is COC(=O)c1ccc2c(c1)C1ON1CO2. The van der Waals surface area contributed by atoms with E-state index >= 15 is 0 Å². The van der Waals surface area contributed by atoms with Gasteiger partial charge in [0.05, 0.1) is 12.7 Å². The summed E-state index contributed by atoms with van der Waals surface area (Å²) < 4.78 is 10.0. The predicted octanol–water partition coefficient (Wildman–Crippen LogP) is 1.07. The van der Waals surface area contributed by atoms with E-state index in [1.165, 1.54) is 7.11 Å². The Morgan fingerprint density at radius 1 is 1.60 bits per heavy atom. The normalized spacial score (nSPS) is 25.9. The van der Waals surface area contributed by atoms with Crippen LogP contribution in [0.5, 0.6) is 5.75 Å². The van der Waals surface area contributed by atoms with Gasteiger partial charge in [-0.2, -0.15) is 0 Å². The Kier molecular flexibility index (Phi) is 1.71. The molecule has 5 heteroatoms. The number of nitrogens with zero attached hydrogens (tertiary/aromatic N) is 1. The maximum Gasteiger partial charge on any atom is 0.337 e. The second-order valence-electron chi connectivity index (χ2n) is 3.39. The number of carbonyl (C=O) groups excluding carboxylic acids is 1. The minimum Gasteiger partial charge on any atom is -0.475 e. The van der Waals surface area contributed by atoms with Crippen molar-refractivity contribution in [2.75, 3.05) is 13.8 Å².